The number of aliphatic hydroxyl groups excluding tert-OH is 1. The Morgan fingerprint density at radius 3 is 2.74 bits per heavy atom. The summed E-state index contributed by atoms with van der Waals surface area (Å²) in [6, 6.07) is 7.78. The first kappa shape index (κ1) is 23.0. The summed E-state index contributed by atoms with van der Waals surface area (Å²) >= 11 is 5.82. The smallest absolute Gasteiger partial charge is 0.163 e. The predicted molar refractivity (Wildman–Crippen MR) is 120 cm³/mol. The molecular weight excluding hydrogens is 423 g/mol. The number of aromatic nitrogens is 2. The SMILES string of the molecule is CCCN(C)CC(O)COc1cc2ncnc(Nc3ccc(Cl)cc3F)c2cc1OC. The molecule has 1 aromatic heterocycles. The van der Waals surface area contributed by atoms with Crippen molar-refractivity contribution in [2.75, 3.05) is 39.2 Å². The molecule has 0 spiro atoms. The fourth-order valence-electron chi connectivity index (χ4n) is 3.23. The Morgan fingerprint density at radius 1 is 1.23 bits per heavy atom. The van der Waals surface area contributed by atoms with Gasteiger partial charge in [-0.25, -0.2) is 14.4 Å². The molecule has 0 aliphatic rings. The van der Waals surface area contributed by atoms with E-state index in [0.717, 1.165) is 13.0 Å². The van der Waals surface area contributed by atoms with Gasteiger partial charge in [0.25, 0.3) is 0 Å². The molecule has 9 heteroatoms. The molecular formula is C22H26ClFN4O3. The molecule has 0 saturated carbocycles. The first-order valence-electron chi connectivity index (χ1n) is 9.95. The number of ether oxygens (including phenoxy) is 2. The lowest BCUT2D eigenvalue weighted by atomic mass is 10.2. The van der Waals surface area contributed by atoms with Crippen molar-refractivity contribution in [3.63, 3.8) is 0 Å². The third-order valence-corrected chi connectivity index (χ3v) is 4.90. The third-order valence-electron chi connectivity index (χ3n) is 4.66. The molecule has 0 radical (unpaired) electrons. The monoisotopic (exact) mass is 448 g/mol. The van der Waals surface area contributed by atoms with E-state index in [1.165, 1.54) is 25.6 Å². The first-order valence-corrected chi connectivity index (χ1v) is 10.3. The van der Waals surface area contributed by atoms with Crippen LogP contribution in [-0.4, -0.2) is 59.9 Å². The number of aliphatic hydroxyl groups is 1. The van der Waals surface area contributed by atoms with Gasteiger partial charge >= 0.3 is 0 Å². The van der Waals surface area contributed by atoms with Gasteiger partial charge in [-0.05, 0) is 44.3 Å². The number of nitrogens with zero attached hydrogens (tertiary/aromatic N) is 3. The normalized spacial score (nSPS) is 12.2. The Bertz CT molecular complexity index is 1040. The van der Waals surface area contributed by atoms with E-state index in [1.54, 1.807) is 18.2 Å². The van der Waals surface area contributed by atoms with E-state index in [4.69, 9.17) is 21.1 Å². The molecule has 7 nitrogen and oxygen atoms in total. The summed E-state index contributed by atoms with van der Waals surface area (Å²) in [6.07, 6.45) is 1.74. The zero-order chi connectivity index (χ0) is 22.4. The van der Waals surface area contributed by atoms with Gasteiger partial charge in [-0.2, -0.15) is 0 Å². The van der Waals surface area contributed by atoms with Crippen molar-refractivity contribution in [1.29, 1.82) is 0 Å². The maximum absolute atomic E-state index is 14.2. The zero-order valence-corrected chi connectivity index (χ0v) is 18.5. The Hall–Kier alpha value is -2.68. The average Bonchev–Trinajstić information content (AvgIpc) is 2.73. The molecule has 1 atom stereocenters. The van der Waals surface area contributed by atoms with Gasteiger partial charge in [-0.3, -0.25) is 0 Å². The van der Waals surface area contributed by atoms with Gasteiger partial charge in [0.05, 0.1) is 18.3 Å². The van der Waals surface area contributed by atoms with Crippen LogP contribution in [0, 0.1) is 5.82 Å². The molecule has 2 N–H and O–H groups in total. The highest BCUT2D eigenvalue weighted by Gasteiger charge is 2.15. The van der Waals surface area contributed by atoms with Crippen molar-refractivity contribution in [1.82, 2.24) is 14.9 Å². The maximum atomic E-state index is 14.2. The van der Waals surface area contributed by atoms with E-state index in [9.17, 15) is 9.50 Å². The molecule has 1 unspecified atom stereocenters. The molecule has 0 amide bonds. The third kappa shape index (κ3) is 5.94. The van der Waals surface area contributed by atoms with Crippen LogP contribution in [0.25, 0.3) is 10.9 Å². The second kappa shape index (κ2) is 10.6. The van der Waals surface area contributed by atoms with Gasteiger partial charge in [0, 0.05) is 23.0 Å². The van der Waals surface area contributed by atoms with Crippen LogP contribution in [0.5, 0.6) is 11.5 Å². The van der Waals surface area contributed by atoms with E-state index in [-0.39, 0.29) is 12.3 Å². The van der Waals surface area contributed by atoms with Crippen LogP contribution >= 0.6 is 11.6 Å². The predicted octanol–water partition coefficient (Wildman–Crippen LogP) is 4.26. The number of fused-ring (bicyclic) bond motifs is 1. The fraction of sp³-hybridized carbons (Fsp3) is 0.364. The van der Waals surface area contributed by atoms with Crippen molar-refractivity contribution in [3.8, 4) is 11.5 Å². The molecule has 0 aliphatic carbocycles. The largest absolute Gasteiger partial charge is 0.493 e. The van der Waals surface area contributed by atoms with Gasteiger partial charge in [0.1, 0.15) is 30.7 Å². The topological polar surface area (TPSA) is 79.7 Å². The quantitative estimate of drug-likeness (QED) is 0.479. The molecule has 166 valence electrons. The van der Waals surface area contributed by atoms with Crippen LogP contribution in [-0.2, 0) is 0 Å². The van der Waals surface area contributed by atoms with Crippen molar-refractivity contribution in [3.05, 3.63) is 47.5 Å². The average molecular weight is 449 g/mol. The van der Waals surface area contributed by atoms with Crippen molar-refractivity contribution >= 4 is 34.0 Å². The summed E-state index contributed by atoms with van der Waals surface area (Å²) in [7, 11) is 3.48. The number of likely N-dealkylation sites (N-methyl/N-ethyl adjacent to an activating group) is 1. The Balaban J connectivity index is 1.82. The van der Waals surface area contributed by atoms with E-state index < -0.39 is 11.9 Å². The van der Waals surface area contributed by atoms with Crippen molar-refractivity contribution < 1.29 is 19.0 Å². The number of nitrogens with one attached hydrogen (secondary N) is 1. The van der Waals surface area contributed by atoms with Crippen LogP contribution in [0.4, 0.5) is 15.9 Å². The number of methoxy groups -OCH3 is 1. The van der Waals surface area contributed by atoms with Gasteiger partial charge in [-0.1, -0.05) is 18.5 Å². The standard InChI is InChI=1S/C22H26ClFN4O3/c1-4-7-28(2)11-15(29)12-31-21-10-19-16(9-20(21)30-3)22(26-13-25-19)27-18-6-5-14(23)8-17(18)24/h5-6,8-10,13,15,29H,4,7,11-12H2,1-3H3,(H,25,26,27). The molecule has 0 aliphatic heterocycles. The van der Waals surface area contributed by atoms with E-state index in [2.05, 4.69) is 22.2 Å². The second-order valence-corrected chi connectivity index (χ2v) is 7.66. The highest BCUT2D eigenvalue weighted by molar-refractivity contribution is 6.30. The lowest BCUT2D eigenvalue weighted by molar-refractivity contribution is 0.0753. The lowest BCUT2D eigenvalue weighted by Gasteiger charge is -2.20. The van der Waals surface area contributed by atoms with Crippen LogP contribution in [0.15, 0.2) is 36.7 Å². The number of hydrogen-bond donors (Lipinski definition) is 2. The highest BCUT2D eigenvalue weighted by Crippen LogP contribution is 2.35. The summed E-state index contributed by atoms with van der Waals surface area (Å²) in [5, 5.41) is 14.2. The summed E-state index contributed by atoms with van der Waals surface area (Å²) in [4.78, 5) is 10.6. The van der Waals surface area contributed by atoms with Crippen LogP contribution in [0.1, 0.15) is 13.3 Å². The number of benzene rings is 2. The Kier molecular flexibility index (Phi) is 7.84. The lowest BCUT2D eigenvalue weighted by Crippen LogP contribution is -2.33. The number of hydrogen-bond acceptors (Lipinski definition) is 7. The summed E-state index contributed by atoms with van der Waals surface area (Å²) in [5.41, 5.74) is 0.822. The van der Waals surface area contributed by atoms with Gasteiger partial charge in [-0.15, -0.1) is 0 Å². The first-order chi connectivity index (χ1) is 14.9. The maximum Gasteiger partial charge on any atom is 0.163 e. The van der Waals surface area contributed by atoms with Crippen LogP contribution in [0.3, 0.4) is 0 Å². The van der Waals surface area contributed by atoms with Crippen molar-refractivity contribution in [2.24, 2.45) is 0 Å². The van der Waals surface area contributed by atoms with Crippen LogP contribution < -0.4 is 14.8 Å². The second-order valence-electron chi connectivity index (χ2n) is 7.22. The molecule has 1 heterocycles. The van der Waals surface area contributed by atoms with E-state index >= 15 is 0 Å². The van der Waals surface area contributed by atoms with E-state index in [0.29, 0.717) is 39.8 Å². The van der Waals surface area contributed by atoms with Gasteiger partial charge in [0.2, 0.25) is 0 Å². The minimum absolute atomic E-state index is 0.113. The zero-order valence-electron chi connectivity index (χ0n) is 17.7. The molecule has 3 aromatic rings. The summed E-state index contributed by atoms with van der Waals surface area (Å²) in [6.45, 7) is 3.61. The Morgan fingerprint density at radius 2 is 2.03 bits per heavy atom. The minimum Gasteiger partial charge on any atom is -0.493 e. The highest BCUT2D eigenvalue weighted by atomic mass is 35.5. The molecule has 3 rings (SSSR count). The molecule has 2 aromatic carbocycles. The summed E-state index contributed by atoms with van der Waals surface area (Å²) < 4.78 is 25.5. The molecule has 31 heavy (non-hydrogen) atoms. The summed E-state index contributed by atoms with van der Waals surface area (Å²) in [5.74, 6) is 0.830. The van der Waals surface area contributed by atoms with Gasteiger partial charge in [0.15, 0.2) is 11.5 Å². The fourth-order valence-corrected chi connectivity index (χ4v) is 3.38. The molecule has 0 bridgehead atoms. The number of rotatable bonds is 10. The molecule has 0 fully saturated rings. The van der Waals surface area contributed by atoms with Gasteiger partial charge < -0.3 is 24.8 Å². The minimum atomic E-state index is -0.646. The Labute approximate surface area is 185 Å². The molecule has 0 saturated heterocycles. The van der Waals surface area contributed by atoms with Crippen LogP contribution in [0.2, 0.25) is 5.02 Å². The number of anilines is 2. The number of halogens is 2. The van der Waals surface area contributed by atoms with E-state index in [1.807, 2.05) is 11.9 Å². The van der Waals surface area contributed by atoms with Crippen molar-refractivity contribution in [2.45, 2.75) is 19.4 Å².